The van der Waals surface area contributed by atoms with Crippen LogP contribution in [0.15, 0.2) is 59.3 Å². The Balaban J connectivity index is 0.000000709. The Labute approximate surface area is 245 Å². The lowest BCUT2D eigenvalue weighted by molar-refractivity contribution is 0.102. The van der Waals surface area contributed by atoms with E-state index < -0.39 is 0 Å². The number of aromatic nitrogens is 3. The summed E-state index contributed by atoms with van der Waals surface area (Å²) in [5, 5.41) is 6.79. The monoisotopic (exact) mass is 621 g/mol. The fourth-order valence-electron chi connectivity index (χ4n) is 3.19. The minimum Gasteiger partial charge on any atom is -0.323 e. The zero-order valence-electron chi connectivity index (χ0n) is 23.2. The number of aryl methyl sites for hydroxylation is 1. The van der Waals surface area contributed by atoms with Crippen molar-refractivity contribution in [3.05, 3.63) is 74.9 Å². The van der Waals surface area contributed by atoms with E-state index in [9.17, 15) is 4.79 Å². The van der Waals surface area contributed by atoms with Crippen molar-refractivity contribution < 1.29 is 4.79 Å². The molecule has 0 radical (unpaired) electrons. The van der Waals surface area contributed by atoms with Crippen LogP contribution in [0.2, 0.25) is 10.0 Å². The second-order valence-corrected chi connectivity index (χ2v) is 9.35. The number of hydrogen-bond donors (Lipinski definition) is 2. The van der Waals surface area contributed by atoms with Crippen LogP contribution in [0.25, 0.3) is 11.0 Å². The van der Waals surface area contributed by atoms with Crippen LogP contribution in [-0.2, 0) is 7.05 Å². The average molecular weight is 623 g/mol. The zero-order chi connectivity index (χ0) is 28.7. The molecule has 2 aromatic carbocycles. The van der Waals surface area contributed by atoms with E-state index in [0.29, 0.717) is 38.4 Å². The van der Waals surface area contributed by atoms with Crippen molar-refractivity contribution in [1.29, 1.82) is 0 Å². The summed E-state index contributed by atoms with van der Waals surface area (Å²) in [7, 11) is 1.86. The van der Waals surface area contributed by atoms with Gasteiger partial charge >= 0.3 is 0 Å². The second kappa shape index (κ2) is 17.8. The first kappa shape index (κ1) is 33.4. The van der Waals surface area contributed by atoms with Crippen LogP contribution in [0.1, 0.15) is 71.2 Å². The second-order valence-electron chi connectivity index (χ2n) is 7.62. The van der Waals surface area contributed by atoms with Gasteiger partial charge < -0.3 is 15.2 Å². The molecule has 2 aromatic heterocycles. The lowest BCUT2D eigenvalue weighted by Crippen LogP contribution is -2.11. The predicted octanol–water partition coefficient (Wildman–Crippen LogP) is 10.3. The van der Waals surface area contributed by atoms with Crippen LogP contribution in [0.5, 0.6) is 0 Å². The minimum atomic E-state index is -0.213. The molecule has 2 N–H and O–H groups in total. The summed E-state index contributed by atoms with van der Waals surface area (Å²) in [5.74, 6) is 0.329. The Morgan fingerprint density at radius 1 is 0.947 bits per heavy atom. The zero-order valence-corrected chi connectivity index (χ0v) is 26.3. The maximum Gasteiger partial charge on any atom is 0.255 e. The molecule has 0 aliphatic carbocycles. The van der Waals surface area contributed by atoms with E-state index in [1.54, 1.807) is 12.1 Å². The first-order valence-corrected chi connectivity index (χ1v) is 14.5. The Morgan fingerprint density at radius 3 is 2.05 bits per heavy atom. The fourth-order valence-corrected chi connectivity index (χ4v) is 3.91. The van der Waals surface area contributed by atoms with Crippen molar-refractivity contribution >= 4 is 73.4 Å². The van der Waals surface area contributed by atoms with Crippen molar-refractivity contribution in [2.45, 2.75) is 60.8 Å². The van der Waals surface area contributed by atoms with E-state index in [1.165, 1.54) is 31.7 Å². The van der Waals surface area contributed by atoms with Gasteiger partial charge in [-0.1, -0.05) is 99.9 Å². The van der Waals surface area contributed by atoms with Crippen LogP contribution < -0.4 is 10.6 Å². The standard InChI is InChI=1S/C20H14BrCl2N5O.C5H12.2C2H6/c1-28-17-7-2-11(19(29)25-13-5-3-12(21)4-6-13)8-16(17)26-20(28)27-18-14(22)9-24-10-15(18)23;1-3-5-4-2;2*1-2/h2-10H,1H3,(H,25,29)(H,24,26,27);3-5H2,1-2H3;2*1-2H3. The molecule has 4 aromatic rings. The van der Waals surface area contributed by atoms with Gasteiger partial charge in [0.2, 0.25) is 5.95 Å². The maximum atomic E-state index is 12.6. The maximum absolute atomic E-state index is 12.6. The summed E-state index contributed by atoms with van der Waals surface area (Å²) in [6, 6.07) is 12.7. The number of carbonyl (C=O) groups is 1. The highest BCUT2D eigenvalue weighted by molar-refractivity contribution is 9.10. The van der Waals surface area contributed by atoms with Gasteiger partial charge in [-0.15, -0.1) is 0 Å². The Bertz CT molecular complexity index is 1250. The number of fused-ring (bicyclic) bond motifs is 1. The third-order valence-electron chi connectivity index (χ3n) is 5.04. The molecule has 0 unspecified atom stereocenters. The highest BCUT2D eigenvalue weighted by atomic mass is 79.9. The fraction of sp³-hybridized carbons (Fsp3) is 0.345. The number of benzene rings is 2. The number of pyridine rings is 1. The van der Waals surface area contributed by atoms with Gasteiger partial charge in [0.05, 0.1) is 26.8 Å². The Hall–Kier alpha value is -2.61. The third kappa shape index (κ3) is 9.61. The highest BCUT2D eigenvalue weighted by Crippen LogP contribution is 2.32. The van der Waals surface area contributed by atoms with E-state index in [4.69, 9.17) is 23.2 Å². The van der Waals surface area contributed by atoms with Gasteiger partial charge in [0.1, 0.15) is 0 Å². The molecule has 0 aliphatic heterocycles. The van der Waals surface area contributed by atoms with Crippen molar-refractivity contribution in [2.75, 3.05) is 10.6 Å². The largest absolute Gasteiger partial charge is 0.323 e. The van der Waals surface area contributed by atoms with E-state index in [-0.39, 0.29) is 5.91 Å². The molecule has 0 aliphatic rings. The van der Waals surface area contributed by atoms with E-state index in [2.05, 4.69) is 50.4 Å². The van der Waals surface area contributed by atoms with Crippen molar-refractivity contribution in [1.82, 2.24) is 14.5 Å². The molecular weight excluding hydrogens is 585 g/mol. The lowest BCUT2D eigenvalue weighted by Gasteiger charge is -2.09. The van der Waals surface area contributed by atoms with Crippen LogP contribution in [0.3, 0.4) is 0 Å². The van der Waals surface area contributed by atoms with Gasteiger partial charge in [0, 0.05) is 35.2 Å². The predicted molar refractivity (Wildman–Crippen MR) is 168 cm³/mol. The van der Waals surface area contributed by atoms with Gasteiger partial charge in [0.15, 0.2) is 0 Å². The van der Waals surface area contributed by atoms with Crippen molar-refractivity contribution in [2.24, 2.45) is 7.05 Å². The normalized spacial score (nSPS) is 9.74. The molecule has 0 spiro atoms. The number of unbranched alkanes of at least 4 members (excludes halogenated alkanes) is 2. The van der Waals surface area contributed by atoms with Crippen LogP contribution >= 0.6 is 39.1 Å². The molecule has 38 heavy (non-hydrogen) atoms. The van der Waals surface area contributed by atoms with Crippen molar-refractivity contribution in [3.8, 4) is 0 Å². The van der Waals surface area contributed by atoms with Crippen LogP contribution in [-0.4, -0.2) is 20.4 Å². The SMILES string of the molecule is CC.CC.CCCCC.Cn1c(Nc2c(Cl)cncc2Cl)nc2cc(C(=O)Nc3ccc(Br)cc3)ccc21. The number of rotatable bonds is 6. The summed E-state index contributed by atoms with van der Waals surface area (Å²) in [6.07, 6.45) is 7.08. The molecule has 2 heterocycles. The molecule has 0 atom stereocenters. The number of imidazole rings is 1. The first-order chi connectivity index (χ1) is 18.3. The summed E-state index contributed by atoms with van der Waals surface area (Å²) >= 11 is 15.7. The molecular formula is C29H38BrCl2N5O. The van der Waals surface area contributed by atoms with Crippen molar-refractivity contribution in [3.63, 3.8) is 0 Å². The smallest absolute Gasteiger partial charge is 0.255 e. The molecule has 0 saturated heterocycles. The molecule has 0 fully saturated rings. The Morgan fingerprint density at radius 2 is 1.53 bits per heavy atom. The number of hydrogen-bond acceptors (Lipinski definition) is 4. The van der Waals surface area contributed by atoms with Gasteiger partial charge in [0.25, 0.3) is 5.91 Å². The van der Waals surface area contributed by atoms with Gasteiger partial charge in [-0.05, 0) is 42.5 Å². The quantitative estimate of drug-likeness (QED) is 0.224. The summed E-state index contributed by atoms with van der Waals surface area (Å²) in [6.45, 7) is 12.4. The summed E-state index contributed by atoms with van der Waals surface area (Å²) < 4.78 is 2.80. The number of carbonyl (C=O) groups excluding carboxylic acids is 1. The number of amides is 1. The third-order valence-corrected chi connectivity index (χ3v) is 6.14. The number of anilines is 3. The average Bonchev–Trinajstić information content (AvgIpc) is 3.25. The summed E-state index contributed by atoms with van der Waals surface area (Å²) in [5.41, 5.74) is 3.26. The van der Waals surface area contributed by atoms with Crippen LogP contribution in [0, 0.1) is 0 Å². The molecule has 206 valence electrons. The number of nitrogens with one attached hydrogen (secondary N) is 2. The van der Waals surface area contributed by atoms with Gasteiger partial charge in [-0.25, -0.2) is 4.98 Å². The molecule has 9 heteroatoms. The molecule has 4 rings (SSSR count). The highest BCUT2D eigenvalue weighted by Gasteiger charge is 2.14. The van der Waals surface area contributed by atoms with E-state index in [0.717, 1.165) is 9.99 Å². The molecule has 1 amide bonds. The lowest BCUT2D eigenvalue weighted by atomic mass is 10.2. The molecule has 6 nitrogen and oxygen atoms in total. The topological polar surface area (TPSA) is 71.8 Å². The van der Waals surface area contributed by atoms with E-state index >= 15 is 0 Å². The summed E-state index contributed by atoms with van der Waals surface area (Å²) in [4.78, 5) is 21.1. The molecule has 0 saturated carbocycles. The minimum absolute atomic E-state index is 0.213. The van der Waals surface area contributed by atoms with Gasteiger partial charge in [-0.2, -0.15) is 0 Å². The van der Waals surface area contributed by atoms with Gasteiger partial charge in [-0.3, -0.25) is 9.78 Å². The van der Waals surface area contributed by atoms with Crippen LogP contribution in [0.4, 0.5) is 17.3 Å². The first-order valence-electron chi connectivity index (χ1n) is 12.9. The number of halogens is 3. The number of nitrogens with zero attached hydrogens (tertiary/aromatic N) is 3. The van der Waals surface area contributed by atoms with E-state index in [1.807, 2.05) is 69.6 Å². The Kier molecular flexibility index (Phi) is 15.7. The molecule has 0 bridgehead atoms.